The molecule has 1 unspecified atom stereocenters. The smallest absolute Gasteiger partial charge is 0.335 e. The Labute approximate surface area is 184 Å². The van der Waals surface area contributed by atoms with E-state index >= 15 is 0 Å². The van der Waals surface area contributed by atoms with Crippen LogP contribution >= 0.6 is 0 Å². The molecule has 162 valence electrons. The van der Waals surface area contributed by atoms with Crippen molar-refractivity contribution in [3.8, 4) is 11.3 Å². The van der Waals surface area contributed by atoms with Crippen LogP contribution < -0.4 is 5.32 Å². The molecule has 9 nitrogen and oxygen atoms in total. The summed E-state index contributed by atoms with van der Waals surface area (Å²) in [6.07, 6.45) is 7.96. The van der Waals surface area contributed by atoms with Gasteiger partial charge < -0.3 is 15.2 Å². The van der Waals surface area contributed by atoms with Crippen LogP contribution in [0.2, 0.25) is 0 Å². The number of rotatable bonds is 5. The average molecular weight is 430 g/mol. The summed E-state index contributed by atoms with van der Waals surface area (Å²) >= 11 is 0. The zero-order chi connectivity index (χ0) is 22.1. The average Bonchev–Trinajstić information content (AvgIpc) is 3.26. The molecule has 1 aliphatic rings. The molecule has 2 N–H and O–H groups in total. The maximum Gasteiger partial charge on any atom is 0.335 e. The molecule has 3 aromatic heterocycles. The molecule has 0 aliphatic carbocycles. The van der Waals surface area contributed by atoms with Crippen molar-refractivity contribution in [3.63, 3.8) is 0 Å². The quantitative estimate of drug-likeness (QED) is 0.480. The van der Waals surface area contributed by atoms with E-state index in [0.717, 1.165) is 37.0 Å². The molecule has 4 heterocycles. The number of benzene rings is 1. The van der Waals surface area contributed by atoms with E-state index in [4.69, 9.17) is 4.74 Å². The van der Waals surface area contributed by atoms with E-state index in [0.29, 0.717) is 28.4 Å². The van der Waals surface area contributed by atoms with Gasteiger partial charge in [-0.05, 0) is 56.0 Å². The van der Waals surface area contributed by atoms with Crippen molar-refractivity contribution in [3.05, 3.63) is 60.3 Å². The van der Waals surface area contributed by atoms with Crippen LogP contribution in [0.5, 0.6) is 0 Å². The highest BCUT2D eigenvalue weighted by molar-refractivity contribution is 5.93. The highest BCUT2D eigenvalue weighted by Crippen LogP contribution is 2.33. The number of aromatic nitrogens is 5. The summed E-state index contributed by atoms with van der Waals surface area (Å²) in [6.45, 7) is 2.64. The maximum absolute atomic E-state index is 11.4. The highest BCUT2D eigenvalue weighted by Gasteiger charge is 2.21. The van der Waals surface area contributed by atoms with Crippen LogP contribution in [0.4, 0.5) is 11.5 Å². The zero-order valence-electron chi connectivity index (χ0n) is 17.5. The lowest BCUT2D eigenvalue weighted by molar-refractivity contribution is -0.0298. The minimum atomic E-state index is -0.984. The Morgan fingerprint density at radius 1 is 1.19 bits per heavy atom. The summed E-state index contributed by atoms with van der Waals surface area (Å²) < 4.78 is 7.87. The molecule has 32 heavy (non-hydrogen) atoms. The van der Waals surface area contributed by atoms with Gasteiger partial charge in [0.1, 0.15) is 29.6 Å². The van der Waals surface area contributed by atoms with Crippen LogP contribution in [0.1, 0.15) is 41.4 Å². The zero-order valence-corrected chi connectivity index (χ0v) is 17.5. The standard InChI is InChI=1S/C23H22N6O3/c1-14-7-8-15(23(30)31)11-17(14)28-21-16(5-4-9-24-21)19-20-22(26-12-25-19)29(13-27-20)18-6-2-3-10-32-18/h4-5,7-9,11-13,18H,2-3,6,10H2,1H3,(H,24,28)(H,30,31). The molecule has 0 bridgehead atoms. The second kappa shape index (κ2) is 8.35. The van der Waals surface area contributed by atoms with Crippen molar-refractivity contribution in [2.45, 2.75) is 32.4 Å². The summed E-state index contributed by atoms with van der Waals surface area (Å²) in [7, 11) is 0. The fourth-order valence-corrected chi connectivity index (χ4v) is 3.92. The third-order valence-electron chi connectivity index (χ3n) is 5.63. The number of fused-ring (bicyclic) bond motifs is 1. The Hall–Kier alpha value is -3.85. The number of imidazole rings is 1. The number of carbonyl (C=O) groups is 1. The van der Waals surface area contributed by atoms with Crippen molar-refractivity contribution < 1.29 is 14.6 Å². The predicted octanol–water partition coefficient (Wildman–Crippen LogP) is 4.34. The lowest BCUT2D eigenvalue weighted by Crippen LogP contribution is -2.17. The van der Waals surface area contributed by atoms with Gasteiger partial charge in [-0.15, -0.1) is 0 Å². The fourth-order valence-electron chi connectivity index (χ4n) is 3.92. The van der Waals surface area contributed by atoms with Gasteiger partial charge in [0, 0.05) is 24.1 Å². The predicted molar refractivity (Wildman–Crippen MR) is 119 cm³/mol. The number of nitrogens with one attached hydrogen (secondary N) is 1. The Morgan fingerprint density at radius 3 is 2.91 bits per heavy atom. The van der Waals surface area contributed by atoms with E-state index in [9.17, 15) is 9.90 Å². The SMILES string of the molecule is Cc1ccc(C(=O)O)cc1Nc1ncccc1-c1ncnc2c1ncn2C1CCCCO1. The first-order chi connectivity index (χ1) is 15.6. The molecular weight excluding hydrogens is 408 g/mol. The van der Waals surface area contributed by atoms with Gasteiger partial charge in [-0.3, -0.25) is 4.57 Å². The van der Waals surface area contributed by atoms with Gasteiger partial charge in [0.25, 0.3) is 0 Å². The van der Waals surface area contributed by atoms with E-state index in [2.05, 4.69) is 25.3 Å². The molecule has 9 heteroatoms. The molecule has 5 rings (SSSR count). The van der Waals surface area contributed by atoms with Crippen LogP contribution in [-0.4, -0.2) is 42.2 Å². The van der Waals surface area contributed by atoms with Gasteiger partial charge >= 0.3 is 5.97 Å². The van der Waals surface area contributed by atoms with Gasteiger partial charge in [-0.2, -0.15) is 0 Å². The van der Waals surface area contributed by atoms with Crippen molar-refractivity contribution in [1.29, 1.82) is 0 Å². The van der Waals surface area contributed by atoms with Crippen molar-refractivity contribution >= 4 is 28.6 Å². The van der Waals surface area contributed by atoms with E-state index < -0.39 is 5.97 Å². The third-order valence-corrected chi connectivity index (χ3v) is 5.63. The van der Waals surface area contributed by atoms with E-state index in [1.54, 1.807) is 30.7 Å². The van der Waals surface area contributed by atoms with Crippen molar-refractivity contribution in [1.82, 2.24) is 24.5 Å². The van der Waals surface area contributed by atoms with Gasteiger partial charge in [0.15, 0.2) is 5.65 Å². The Balaban J connectivity index is 1.57. The molecule has 1 aromatic carbocycles. The molecule has 4 aromatic rings. The van der Waals surface area contributed by atoms with Crippen LogP contribution in [-0.2, 0) is 4.74 Å². The number of carboxylic acid groups (broad SMARTS) is 1. The van der Waals surface area contributed by atoms with E-state index in [-0.39, 0.29) is 11.8 Å². The Morgan fingerprint density at radius 2 is 2.09 bits per heavy atom. The Bertz CT molecular complexity index is 1300. The molecule has 1 fully saturated rings. The molecule has 0 amide bonds. The number of aromatic carboxylic acids is 1. The summed E-state index contributed by atoms with van der Waals surface area (Å²) in [5.41, 5.74) is 4.53. The Kier molecular flexibility index (Phi) is 5.24. The van der Waals surface area contributed by atoms with E-state index in [1.807, 2.05) is 23.6 Å². The second-order valence-corrected chi connectivity index (χ2v) is 7.73. The molecule has 0 radical (unpaired) electrons. The normalized spacial score (nSPS) is 16.2. The number of pyridine rings is 1. The minimum Gasteiger partial charge on any atom is -0.478 e. The van der Waals surface area contributed by atoms with Crippen molar-refractivity contribution in [2.24, 2.45) is 0 Å². The number of hydrogen-bond donors (Lipinski definition) is 2. The molecule has 0 spiro atoms. The topological polar surface area (TPSA) is 115 Å². The van der Waals surface area contributed by atoms with Gasteiger partial charge in [-0.1, -0.05) is 6.07 Å². The summed E-state index contributed by atoms with van der Waals surface area (Å²) in [5, 5.41) is 12.6. The van der Waals surface area contributed by atoms with E-state index in [1.165, 1.54) is 6.33 Å². The lowest BCUT2D eigenvalue weighted by atomic mass is 10.1. The summed E-state index contributed by atoms with van der Waals surface area (Å²) in [5.74, 6) is -0.427. The fraction of sp³-hybridized carbons (Fsp3) is 0.261. The van der Waals surface area contributed by atoms with Gasteiger partial charge in [-0.25, -0.2) is 24.7 Å². The summed E-state index contributed by atoms with van der Waals surface area (Å²) in [4.78, 5) is 29.5. The van der Waals surface area contributed by atoms with Gasteiger partial charge in [0.2, 0.25) is 0 Å². The molecule has 0 saturated carbocycles. The minimum absolute atomic E-state index is 0.0793. The third kappa shape index (κ3) is 3.67. The molecule has 1 aliphatic heterocycles. The maximum atomic E-state index is 11.4. The molecule has 1 atom stereocenters. The highest BCUT2D eigenvalue weighted by atomic mass is 16.5. The lowest BCUT2D eigenvalue weighted by Gasteiger charge is -2.23. The van der Waals surface area contributed by atoms with Crippen LogP contribution in [0.25, 0.3) is 22.4 Å². The number of nitrogens with zero attached hydrogens (tertiary/aromatic N) is 5. The number of hydrogen-bond acceptors (Lipinski definition) is 7. The van der Waals surface area contributed by atoms with Crippen molar-refractivity contribution in [2.75, 3.05) is 11.9 Å². The first-order valence-electron chi connectivity index (χ1n) is 10.5. The van der Waals surface area contributed by atoms with Gasteiger partial charge in [0.05, 0.1) is 11.9 Å². The number of carboxylic acids is 1. The number of aryl methyl sites for hydroxylation is 1. The number of anilines is 2. The first kappa shape index (κ1) is 20.1. The number of ether oxygens (including phenoxy) is 1. The van der Waals surface area contributed by atoms with Crippen LogP contribution in [0.3, 0.4) is 0 Å². The largest absolute Gasteiger partial charge is 0.478 e. The van der Waals surface area contributed by atoms with Crippen LogP contribution in [0.15, 0.2) is 49.2 Å². The monoisotopic (exact) mass is 430 g/mol. The molecule has 1 saturated heterocycles. The van der Waals surface area contributed by atoms with Crippen LogP contribution in [0, 0.1) is 6.92 Å². The summed E-state index contributed by atoms with van der Waals surface area (Å²) in [6, 6.07) is 8.68. The first-order valence-corrected chi connectivity index (χ1v) is 10.5. The second-order valence-electron chi connectivity index (χ2n) is 7.73. The molecular formula is C23H22N6O3.